The summed E-state index contributed by atoms with van der Waals surface area (Å²) < 4.78 is 18.6. The van der Waals surface area contributed by atoms with Gasteiger partial charge in [-0.1, -0.05) is 0 Å². The molecule has 6 heteroatoms. The van der Waals surface area contributed by atoms with Gasteiger partial charge in [0.25, 0.3) is 0 Å². The Balaban J connectivity index is 2.76. The number of hydrogen-bond donors (Lipinski definition) is 0. The number of aromatic nitrogens is 2. The van der Waals surface area contributed by atoms with Gasteiger partial charge in [0.05, 0.1) is 12.6 Å². The Bertz CT molecular complexity index is 591. The first kappa shape index (κ1) is 12.8. The summed E-state index contributed by atoms with van der Waals surface area (Å²) >= 11 is 5.85. The molecule has 2 rings (SSSR count). The highest BCUT2D eigenvalue weighted by Gasteiger charge is 2.13. The second-order valence-electron chi connectivity index (χ2n) is 3.83. The Kier molecular flexibility index (Phi) is 3.52. The van der Waals surface area contributed by atoms with Crippen LogP contribution in [0, 0.1) is 5.82 Å². The molecule has 0 aliphatic carbocycles. The summed E-state index contributed by atoms with van der Waals surface area (Å²) in [5.74, 6) is 0.356. The van der Waals surface area contributed by atoms with Gasteiger partial charge < -0.3 is 9.64 Å². The van der Waals surface area contributed by atoms with Crippen LogP contribution >= 0.6 is 11.6 Å². The van der Waals surface area contributed by atoms with Crippen LogP contribution in [0.1, 0.15) is 6.92 Å². The summed E-state index contributed by atoms with van der Waals surface area (Å²) in [5, 5.41) is 0.810. The standard InChI is InChI=1S/C12H13ClFN3O/c1-4-17(2)11-7-5-10(18-3)8(14)6-9(7)15-12(13)16-11/h5-6H,4H2,1-3H3. The fraction of sp³-hybridized carbons (Fsp3) is 0.333. The lowest BCUT2D eigenvalue weighted by Gasteiger charge is -2.18. The summed E-state index contributed by atoms with van der Waals surface area (Å²) in [6.45, 7) is 2.74. The van der Waals surface area contributed by atoms with Crippen LogP contribution in [0.15, 0.2) is 12.1 Å². The van der Waals surface area contributed by atoms with Gasteiger partial charge >= 0.3 is 0 Å². The van der Waals surface area contributed by atoms with Crippen LogP contribution in [0.4, 0.5) is 10.2 Å². The molecule has 1 aromatic heterocycles. The smallest absolute Gasteiger partial charge is 0.224 e. The second kappa shape index (κ2) is 4.94. The third-order valence-corrected chi connectivity index (χ3v) is 2.93. The summed E-state index contributed by atoms with van der Waals surface area (Å²) in [6.07, 6.45) is 0. The average molecular weight is 270 g/mol. The topological polar surface area (TPSA) is 38.2 Å². The Hall–Kier alpha value is -1.62. The van der Waals surface area contributed by atoms with Crippen molar-refractivity contribution in [2.24, 2.45) is 0 Å². The Morgan fingerprint density at radius 3 is 2.72 bits per heavy atom. The maximum absolute atomic E-state index is 13.6. The molecule has 0 saturated heterocycles. The molecular formula is C12H13ClFN3O. The summed E-state index contributed by atoms with van der Waals surface area (Å²) in [7, 11) is 3.30. The molecule has 0 N–H and O–H groups in total. The number of benzene rings is 1. The molecule has 0 aliphatic rings. The van der Waals surface area contributed by atoms with Gasteiger partial charge in [0, 0.05) is 25.0 Å². The minimum absolute atomic E-state index is 0.0994. The second-order valence-corrected chi connectivity index (χ2v) is 4.17. The molecule has 0 fully saturated rings. The fourth-order valence-corrected chi connectivity index (χ4v) is 1.85. The number of hydrogen-bond acceptors (Lipinski definition) is 4. The number of halogens is 2. The van der Waals surface area contributed by atoms with E-state index < -0.39 is 5.82 Å². The average Bonchev–Trinajstić information content (AvgIpc) is 2.36. The summed E-state index contributed by atoms with van der Waals surface area (Å²) in [6, 6.07) is 2.89. The van der Waals surface area contributed by atoms with E-state index in [4.69, 9.17) is 16.3 Å². The van der Waals surface area contributed by atoms with Gasteiger partial charge in [-0.15, -0.1) is 0 Å². The van der Waals surface area contributed by atoms with Crippen LogP contribution in [-0.4, -0.2) is 30.7 Å². The third kappa shape index (κ3) is 2.18. The van der Waals surface area contributed by atoms with E-state index in [1.807, 2.05) is 18.9 Å². The highest BCUT2D eigenvalue weighted by Crippen LogP contribution is 2.30. The molecule has 0 atom stereocenters. The third-order valence-electron chi connectivity index (χ3n) is 2.76. The van der Waals surface area contributed by atoms with Crippen LogP contribution in [0.25, 0.3) is 10.9 Å². The Morgan fingerprint density at radius 1 is 1.39 bits per heavy atom. The molecular weight excluding hydrogens is 257 g/mol. The number of ether oxygens (including phenoxy) is 1. The van der Waals surface area contributed by atoms with Crippen LogP contribution in [0.3, 0.4) is 0 Å². The molecule has 2 aromatic rings. The van der Waals surface area contributed by atoms with Gasteiger partial charge in [0.2, 0.25) is 5.28 Å². The SMILES string of the molecule is CCN(C)c1nc(Cl)nc2cc(F)c(OC)cc12. The van der Waals surface area contributed by atoms with Crippen molar-refractivity contribution in [3.63, 3.8) is 0 Å². The zero-order valence-electron chi connectivity index (χ0n) is 10.4. The van der Waals surface area contributed by atoms with E-state index in [1.165, 1.54) is 13.2 Å². The molecule has 0 unspecified atom stereocenters. The molecule has 0 saturated carbocycles. The van der Waals surface area contributed by atoms with Crippen molar-refractivity contribution in [1.29, 1.82) is 0 Å². The van der Waals surface area contributed by atoms with Crippen molar-refractivity contribution >= 4 is 28.3 Å². The molecule has 0 bridgehead atoms. The first-order valence-electron chi connectivity index (χ1n) is 5.48. The molecule has 0 amide bonds. The van der Waals surface area contributed by atoms with E-state index in [2.05, 4.69) is 9.97 Å². The molecule has 0 radical (unpaired) electrons. The van der Waals surface area contributed by atoms with E-state index in [0.717, 1.165) is 6.54 Å². The molecule has 18 heavy (non-hydrogen) atoms. The van der Waals surface area contributed by atoms with Gasteiger partial charge in [-0.3, -0.25) is 0 Å². The normalized spacial score (nSPS) is 10.7. The van der Waals surface area contributed by atoms with Crippen molar-refractivity contribution in [1.82, 2.24) is 9.97 Å². The maximum atomic E-state index is 13.6. The van der Waals surface area contributed by atoms with Crippen molar-refractivity contribution in [3.8, 4) is 5.75 Å². The molecule has 0 spiro atoms. The molecule has 1 heterocycles. The number of anilines is 1. The van der Waals surface area contributed by atoms with Crippen LogP contribution < -0.4 is 9.64 Å². The predicted octanol–water partition coefficient (Wildman–Crippen LogP) is 2.89. The minimum Gasteiger partial charge on any atom is -0.494 e. The first-order valence-corrected chi connectivity index (χ1v) is 5.86. The summed E-state index contributed by atoms with van der Waals surface area (Å²) in [5.41, 5.74) is 0.462. The largest absolute Gasteiger partial charge is 0.494 e. The number of rotatable bonds is 3. The van der Waals surface area contributed by atoms with E-state index in [1.54, 1.807) is 6.07 Å². The first-order chi connectivity index (χ1) is 8.56. The van der Waals surface area contributed by atoms with Gasteiger partial charge in [-0.2, -0.15) is 4.98 Å². The minimum atomic E-state index is -0.468. The number of methoxy groups -OCH3 is 1. The zero-order chi connectivity index (χ0) is 13.3. The van der Waals surface area contributed by atoms with Crippen LogP contribution in [0.2, 0.25) is 5.28 Å². The fourth-order valence-electron chi connectivity index (χ4n) is 1.68. The lowest BCUT2D eigenvalue weighted by Crippen LogP contribution is -2.18. The number of nitrogens with zero attached hydrogens (tertiary/aromatic N) is 3. The zero-order valence-corrected chi connectivity index (χ0v) is 11.1. The monoisotopic (exact) mass is 269 g/mol. The predicted molar refractivity (Wildman–Crippen MR) is 70.0 cm³/mol. The molecule has 4 nitrogen and oxygen atoms in total. The van der Waals surface area contributed by atoms with E-state index in [-0.39, 0.29) is 11.0 Å². The van der Waals surface area contributed by atoms with Crippen molar-refractivity contribution in [3.05, 3.63) is 23.2 Å². The Morgan fingerprint density at radius 2 is 2.11 bits per heavy atom. The lowest BCUT2D eigenvalue weighted by molar-refractivity contribution is 0.387. The summed E-state index contributed by atoms with van der Waals surface area (Å²) in [4.78, 5) is 10.1. The molecule has 1 aromatic carbocycles. The highest BCUT2D eigenvalue weighted by molar-refractivity contribution is 6.28. The van der Waals surface area contributed by atoms with E-state index >= 15 is 0 Å². The maximum Gasteiger partial charge on any atom is 0.224 e. The number of fused-ring (bicyclic) bond motifs is 1. The van der Waals surface area contributed by atoms with Crippen molar-refractivity contribution < 1.29 is 9.13 Å². The quantitative estimate of drug-likeness (QED) is 0.803. The van der Waals surface area contributed by atoms with Crippen molar-refractivity contribution in [2.75, 3.05) is 25.6 Å². The lowest BCUT2D eigenvalue weighted by atomic mass is 10.2. The molecule has 0 aliphatic heterocycles. The van der Waals surface area contributed by atoms with Gasteiger partial charge in [0.1, 0.15) is 5.82 Å². The highest BCUT2D eigenvalue weighted by atomic mass is 35.5. The van der Waals surface area contributed by atoms with Crippen molar-refractivity contribution in [2.45, 2.75) is 6.92 Å². The van der Waals surface area contributed by atoms with E-state index in [0.29, 0.717) is 16.7 Å². The van der Waals surface area contributed by atoms with Gasteiger partial charge in [-0.05, 0) is 24.6 Å². The van der Waals surface area contributed by atoms with E-state index in [9.17, 15) is 4.39 Å². The van der Waals surface area contributed by atoms with Gasteiger partial charge in [0.15, 0.2) is 11.6 Å². The van der Waals surface area contributed by atoms with Crippen LogP contribution in [0.5, 0.6) is 5.75 Å². The van der Waals surface area contributed by atoms with Gasteiger partial charge in [-0.25, -0.2) is 9.37 Å². The molecule has 96 valence electrons. The van der Waals surface area contributed by atoms with Crippen LogP contribution in [-0.2, 0) is 0 Å². The Labute approximate surface area is 109 Å².